The smallest absolute Gasteiger partial charge is 0.230 e. The molecule has 0 aromatic carbocycles. The summed E-state index contributed by atoms with van der Waals surface area (Å²) in [4.78, 5) is 22.2. The highest BCUT2D eigenvalue weighted by Gasteiger charge is 2.25. The first kappa shape index (κ1) is 18.6. The lowest BCUT2D eigenvalue weighted by Crippen LogP contribution is -2.42. The predicted octanol–water partition coefficient (Wildman–Crippen LogP) is 3.16. The van der Waals surface area contributed by atoms with E-state index in [-0.39, 0.29) is 12.0 Å². The SMILES string of the molecule is CC(C)c1nc(N(C)C)nc(N2CCCC(Oc3ccc(Cl)cn3)C2)n1. The molecule has 0 saturated carbocycles. The van der Waals surface area contributed by atoms with Gasteiger partial charge in [-0.2, -0.15) is 15.0 Å². The first-order valence-electron chi connectivity index (χ1n) is 8.89. The molecular formula is C18H25ClN6O. The number of hydrogen-bond donors (Lipinski definition) is 0. The van der Waals surface area contributed by atoms with Gasteiger partial charge in [0.15, 0.2) is 0 Å². The molecule has 0 spiro atoms. The summed E-state index contributed by atoms with van der Waals surface area (Å²) in [5.41, 5.74) is 0. The third-order valence-corrected chi connectivity index (χ3v) is 4.42. The zero-order valence-electron chi connectivity index (χ0n) is 15.7. The van der Waals surface area contributed by atoms with Crippen molar-refractivity contribution in [2.45, 2.75) is 38.7 Å². The van der Waals surface area contributed by atoms with Crippen LogP contribution < -0.4 is 14.5 Å². The minimum Gasteiger partial charge on any atom is -0.472 e. The molecule has 1 unspecified atom stereocenters. The van der Waals surface area contributed by atoms with Crippen molar-refractivity contribution in [2.75, 3.05) is 37.0 Å². The van der Waals surface area contributed by atoms with Crippen molar-refractivity contribution in [3.63, 3.8) is 0 Å². The molecule has 0 radical (unpaired) electrons. The molecule has 2 aromatic rings. The number of nitrogens with zero attached hydrogens (tertiary/aromatic N) is 6. The number of halogens is 1. The Morgan fingerprint density at radius 2 is 2.04 bits per heavy atom. The second-order valence-corrected chi connectivity index (χ2v) is 7.42. The predicted molar refractivity (Wildman–Crippen MR) is 103 cm³/mol. The highest BCUT2D eigenvalue weighted by molar-refractivity contribution is 6.30. The van der Waals surface area contributed by atoms with Gasteiger partial charge in [0, 0.05) is 38.8 Å². The van der Waals surface area contributed by atoms with Crippen LogP contribution >= 0.6 is 11.6 Å². The number of piperidine rings is 1. The molecular weight excluding hydrogens is 352 g/mol. The Balaban J connectivity index is 1.77. The molecule has 2 aromatic heterocycles. The Kier molecular flexibility index (Phi) is 5.76. The molecule has 0 N–H and O–H groups in total. The van der Waals surface area contributed by atoms with E-state index in [2.05, 4.69) is 38.7 Å². The Labute approximate surface area is 159 Å². The van der Waals surface area contributed by atoms with Gasteiger partial charge in [0.1, 0.15) is 11.9 Å². The van der Waals surface area contributed by atoms with Crippen LogP contribution in [0.15, 0.2) is 18.3 Å². The molecule has 0 amide bonds. The topological polar surface area (TPSA) is 67.3 Å². The van der Waals surface area contributed by atoms with Crippen LogP contribution in [0.3, 0.4) is 0 Å². The third kappa shape index (κ3) is 4.52. The molecule has 3 heterocycles. The average Bonchev–Trinajstić information content (AvgIpc) is 2.63. The summed E-state index contributed by atoms with van der Waals surface area (Å²) >= 11 is 5.89. The molecule has 1 aliphatic heterocycles. The van der Waals surface area contributed by atoms with E-state index >= 15 is 0 Å². The number of pyridine rings is 1. The van der Waals surface area contributed by atoms with Crippen molar-refractivity contribution in [2.24, 2.45) is 0 Å². The quantitative estimate of drug-likeness (QED) is 0.793. The van der Waals surface area contributed by atoms with Gasteiger partial charge in [0.25, 0.3) is 0 Å². The van der Waals surface area contributed by atoms with Crippen molar-refractivity contribution in [3.8, 4) is 5.88 Å². The molecule has 1 atom stereocenters. The second-order valence-electron chi connectivity index (χ2n) is 6.99. The monoisotopic (exact) mass is 376 g/mol. The van der Waals surface area contributed by atoms with Gasteiger partial charge in [-0.1, -0.05) is 25.4 Å². The molecule has 0 aliphatic carbocycles. The van der Waals surface area contributed by atoms with Crippen molar-refractivity contribution in [1.29, 1.82) is 0 Å². The second kappa shape index (κ2) is 8.03. The fourth-order valence-electron chi connectivity index (χ4n) is 2.79. The van der Waals surface area contributed by atoms with Gasteiger partial charge in [-0.25, -0.2) is 4.98 Å². The van der Waals surface area contributed by atoms with Gasteiger partial charge in [0.05, 0.1) is 11.6 Å². The zero-order valence-corrected chi connectivity index (χ0v) is 16.4. The maximum atomic E-state index is 6.02. The standard InChI is InChI=1S/C18H25ClN6O/c1-12(2)16-21-17(24(3)4)23-18(22-16)25-9-5-6-14(11-25)26-15-8-7-13(19)10-20-15/h7-8,10,12,14H,5-6,9,11H2,1-4H3. The largest absolute Gasteiger partial charge is 0.472 e. The van der Waals surface area contributed by atoms with E-state index in [1.807, 2.05) is 19.0 Å². The Bertz CT molecular complexity index is 711. The van der Waals surface area contributed by atoms with E-state index in [4.69, 9.17) is 16.3 Å². The summed E-state index contributed by atoms with van der Waals surface area (Å²) in [6.07, 6.45) is 3.63. The minimum absolute atomic E-state index is 0.0412. The maximum Gasteiger partial charge on any atom is 0.230 e. The van der Waals surface area contributed by atoms with E-state index in [0.717, 1.165) is 31.8 Å². The highest BCUT2D eigenvalue weighted by atomic mass is 35.5. The number of hydrogen-bond acceptors (Lipinski definition) is 7. The number of ether oxygens (including phenoxy) is 1. The van der Waals surface area contributed by atoms with Crippen LogP contribution in [0.4, 0.5) is 11.9 Å². The fourth-order valence-corrected chi connectivity index (χ4v) is 2.90. The average molecular weight is 377 g/mol. The van der Waals surface area contributed by atoms with Crippen LogP contribution in [0.5, 0.6) is 5.88 Å². The van der Waals surface area contributed by atoms with Crippen molar-refractivity contribution in [1.82, 2.24) is 19.9 Å². The third-order valence-electron chi connectivity index (χ3n) is 4.19. The first-order chi connectivity index (χ1) is 12.4. The summed E-state index contributed by atoms with van der Waals surface area (Å²) in [5, 5.41) is 0.602. The molecule has 7 nitrogen and oxygen atoms in total. The summed E-state index contributed by atoms with van der Waals surface area (Å²) < 4.78 is 6.02. The van der Waals surface area contributed by atoms with Crippen LogP contribution in [0.2, 0.25) is 5.02 Å². The maximum absolute atomic E-state index is 6.02. The van der Waals surface area contributed by atoms with E-state index < -0.39 is 0 Å². The Morgan fingerprint density at radius 1 is 1.23 bits per heavy atom. The van der Waals surface area contributed by atoms with Crippen molar-refractivity contribution < 1.29 is 4.74 Å². The van der Waals surface area contributed by atoms with Crippen molar-refractivity contribution >= 4 is 23.5 Å². The number of rotatable bonds is 5. The van der Waals surface area contributed by atoms with E-state index in [0.29, 0.717) is 22.8 Å². The van der Waals surface area contributed by atoms with Gasteiger partial charge in [-0.05, 0) is 18.9 Å². The Hall–Kier alpha value is -2.15. The minimum atomic E-state index is 0.0412. The van der Waals surface area contributed by atoms with E-state index in [9.17, 15) is 0 Å². The fraction of sp³-hybridized carbons (Fsp3) is 0.556. The molecule has 1 fully saturated rings. The number of aromatic nitrogens is 4. The van der Waals surface area contributed by atoms with Crippen LogP contribution in [0.25, 0.3) is 0 Å². The lowest BCUT2D eigenvalue weighted by atomic mass is 10.1. The molecule has 1 saturated heterocycles. The summed E-state index contributed by atoms with van der Waals surface area (Å²) in [6.45, 7) is 5.81. The molecule has 1 aliphatic rings. The highest BCUT2D eigenvalue weighted by Crippen LogP contribution is 2.23. The van der Waals surface area contributed by atoms with Crippen LogP contribution in [0, 0.1) is 0 Å². The van der Waals surface area contributed by atoms with Gasteiger partial charge in [-0.3, -0.25) is 0 Å². The van der Waals surface area contributed by atoms with E-state index in [1.165, 1.54) is 0 Å². The molecule has 0 bridgehead atoms. The lowest BCUT2D eigenvalue weighted by Gasteiger charge is -2.33. The zero-order chi connectivity index (χ0) is 18.7. The van der Waals surface area contributed by atoms with Gasteiger partial charge >= 0.3 is 0 Å². The summed E-state index contributed by atoms with van der Waals surface area (Å²) in [7, 11) is 3.88. The van der Waals surface area contributed by atoms with Crippen LogP contribution in [0.1, 0.15) is 38.4 Å². The van der Waals surface area contributed by atoms with Gasteiger partial charge < -0.3 is 14.5 Å². The van der Waals surface area contributed by atoms with Crippen LogP contribution in [-0.4, -0.2) is 53.2 Å². The summed E-state index contributed by atoms with van der Waals surface area (Å²) in [5.74, 6) is 3.03. The van der Waals surface area contributed by atoms with Gasteiger partial charge in [-0.15, -0.1) is 0 Å². The molecule has 26 heavy (non-hydrogen) atoms. The first-order valence-corrected chi connectivity index (χ1v) is 9.26. The van der Waals surface area contributed by atoms with Crippen molar-refractivity contribution in [3.05, 3.63) is 29.2 Å². The van der Waals surface area contributed by atoms with Gasteiger partial charge in [0.2, 0.25) is 17.8 Å². The van der Waals surface area contributed by atoms with E-state index in [1.54, 1.807) is 18.3 Å². The lowest BCUT2D eigenvalue weighted by molar-refractivity contribution is 0.171. The van der Waals surface area contributed by atoms with Crippen LogP contribution in [-0.2, 0) is 0 Å². The molecule has 3 rings (SSSR count). The summed E-state index contributed by atoms with van der Waals surface area (Å²) in [6, 6.07) is 3.58. The molecule has 140 valence electrons. The normalized spacial score (nSPS) is 17.5. The number of anilines is 2. The Morgan fingerprint density at radius 3 is 2.69 bits per heavy atom. The molecule has 8 heteroatoms.